The quantitative estimate of drug-likeness (QED) is 0.674. The minimum Gasteiger partial charge on any atom is -0.395 e. The zero-order valence-corrected chi connectivity index (χ0v) is 13.1. The number of H-pyrrole nitrogens is 1. The minimum atomic E-state index is -0.238. The van der Waals surface area contributed by atoms with Crippen molar-refractivity contribution in [2.75, 3.05) is 19.7 Å². The van der Waals surface area contributed by atoms with Gasteiger partial charge in [-0.25, -0.2) is 9.78 Å². The number of hydrogen-bond acceptors (Lipinski definition) is 4. The molecule has 2 amide bonds. The molecular weight excluding hydrogens is 294 g/mol. The number of nitrogens with zero attached hydrogens (tertiary/aromatic N) is 3. The summed E-state index contributed by atoms with van der Waals surface area (Å²) in [7, 11) is 0. The van der Waals surface area contributed by atoms with Crippen LogP contribution >= 0.6 is 0 Å². The molecule has 2 rings (SSSR count). The second kappa shape index (κ2) is 8.09. The normalized spacial score (nSPS) is 10.3. The number of amides is 2. The summed E-state index contributed by atoms with van der Waals surface area (Å²) in [6.45, 7) is 6.42. The average Bonchev–Trinajstić information content (AvgIpc) is 2.99. The van der Waals surface area contributed by atoms with Crippen LogP contribution in [0.25, 0.3) is 11.4 Å². The lowest BCUT2D eigenvalue weighted by atomic mass is 10.1. The van der Waals surface area contributed by atoms with E-state index in [1.54, 1.807) is 6.08 Å². The molecule has 0 bridgehead atoms. The van der Waals surface area contributed by atoms with E-state index in [9.17, 15) is 4.79 Å². The van der Waals surface area contributed by atoms with E-state index in [0.29, 0.717) is 18.9 Å². The van der Waals surface area contributed by atoms with Crippen LogP contribution in [0.1, 0.15) is 11.4 Å². The van der Waals surface area contributed by atoms with Gasteiger partial charge in [-0.05, 0) is 18.6 Å². The van der Waals surface area contributed by atoms with Gasteiger partial charge in [0.05, 0.1) is 6.61 Å². The van der Waals surface area contributed by atoms with Crippen molar-refractivity contribution in [3.05, 3.63) is 48.3 Å². The minimum absolute atomic E-state index is 0.0824. The van der Waals surface area contributed by atoms with Gasteiger partial charge in [0.1, 0.15) is 5.82 Å². The van der Waals surface area contributed by atoms with E-state index in [1.807, 2.05) is 31.2 Å². The number of carbonyl (C=O) groups excluding carboxylic acids is 1. The van der Waals surface area contributed by atoms with Crippen molar-refractivity contribution < 1.29 is 9.90 Å². The molecule has 2 aromatic rings. The smallest absolute Gasteiger partial charge is 0.318 e. The van der Waals surface area contributed by atoms with E-state index < -0.39 is 0 Å². The maximum Gasteiger partial charge on any atom is 0.318 e. The summed E-state index contributed by atoms with van der Waals surface area (Å²) in [5.41, 5.74) is 1.83. The van der Waals surface area contributed by atoms with Crippen molar-refractivity contribution in [3.63, 3.8) is 0 Å². The zero-order chi connectivity index (χ0) is 16.7. The van der Waals surface area contributed by atoms with Gasteiger partial charge >= 0.3 is 6.03 Å². The number of benzene rings is 1. The van der Waals surface area contributed by atoms with Gasteiger partial charge in [0.2, 0.25) is 0 Å². The second-order valence-electron chi connectivity index (χ2n) is 5.06. The molecule has 0 spiro atoms. The summed E-state index contributed by atoms with van der Waals surface area (Å²) >= 11 is 0. The molecule has 0 aliphatic heterocycles. The Morgan fingerprint density at radius 1 is 1.52 bits per heavy atom. The number of nitrogens with one attached hydrogen (secondary N) is 2. The van der Waals surface area contributed by atoms with Gasteiger partial charge in [0.15, 0.2) is 5.82 Å². The second-order valence-corrected chi connectivity index (χ2v) is 5.06. The largest absolute Gasteiger partial charge is 0.395 e. The van der Waals surface area contributed by atoms with Crippen molar-refractivity contribution in [2.45, 2.75) is 13.5 Å². The van der Waals surface area contributed by atoms with E-state index in [-0.39, 0.29) is 19.2 Å². The highest BCUT2D eigenvalue weighted by Gasteiger charge is 2.11. The molecule has 0 fully saturated rings. The Balaban J connectivity index is 2.00. The summed E-state index contributed by atoms with van der Waals surface area (Å²) in [6, 6.07) is 7.44. The topological polar surface area (TPSA) is 94.1 Å². The van der Waals surface area contributed by atoms with Crippen LogP contribution in [0.2, 0.25) is 0 Å². The number of rotatable bonds is 7. The van der Waals surface area contributed by atoms with E-state index in [0.717, 1.165) is 17.0 Å². The van der Waals surface area contributed by atoms with Crippen LogP contribution < -0.4 is 5.32 Å². The molecule has 0 saturated heterocycles. The fourth-order valence-electron chi connectivity index (χ4n) is 2.13. The highest BCUT2D eigenvalue weighted by Crippen LogP contribution is 2.16. The fourth-order valence-corrected chi connectivity index (χ4v) is 2.13. The summed E-state index contributed by atoms with van der Waals surface area (Å²) in [5.74, 6) is 1.38. The van der Waals surface area contributed by atoms with Gasteiger partial charge in [-0.3, -0.25) is 5.10 Å². The first kappa shape index (κ1) is 16.7. The van der Waals surface area contributed by atoms with Crippen LogP contribution in [0.4, 0.5) is 4.79 Å². The molecule has 0 atom stereocenters. The van der Waals surface area contributed by atoms with E-state index in [2.05, 4.69) is 27.1 Å². The fraction of sp³-hybridized carbons (Fsp3) is 0.312. The highest BCUT2D eigenvalue weighted by atomic mass is 16.3. The summed E-state index contributed by atoms with van der Waals surface area (Å²) in [6.07, 6.45) is 1.63. The Morgan fingerprint density at radius 3 is 3.00 bits per heavy atom. The summed E-state index contributed by atoms with van der Waals surface area (Å²) < 4.78 is 0. The molecule has 23 heavy (non-hydrogen) atoms. The molecule has 7 heteroatoms. The van der Waals surface area contributed by atoms with E-state index >= 15 is 0 Å². The molecule has 0 saturated carbocycles. The molecule has 0 radical (unpaired) electrons. The third kappa shape index (κ3) is 4.65. The molecular formula is C16H21N5O2. The summed E-state index contributed by atoms with van der Waals surface area (Å²) in [4.78, 5) is 17.9. The maximum absolute atomic E-state index is 12.1. The Kier molecular flexibility index (Phi) is 5.87. The van der Waals surface area contributed by atoms with Crippen LogP contribution in [0.15, 0.2) is 36.9 Å². The first-order chi connectivity index (χ1) is 11.1. The zero-order valence-electron chi connectivity index (χ0n) is 13.1. The molecule has 1 heterocycles. The molecule has 1 aromatic heterocycles. The number of urea groups is 1. The molecule has 0 unspecified atom stereocenters. The third-order valence-electron chi connectivity index (χ3n) is 3.23. The van der Waals surface area contributed by atoms with Gasteiger partial charge in [-0.1, -0.05) is 24.3 Å². The molecule has 1 aromatic carbocycles. The van der Waals surface area contributed by atoms with Crippen molar-refractivity contribution in [3.8, 4) is 11.4 Å². The number of hydrogen-bond donors (Lipinski definition) is 3. The van der Waals surface area contributed by atoms with E-state index in [4.69, 9.17) is 5.11 Å². The molecule has 7 nitrogen and oxygen atoms in total. The first-order valence-electron chi connectivity index (χ1n) is 7.37. The average molecular weight is 315 g/mol. The number of aromatic nitrogens is 3. The van der Waals surface area contributed by atoms with Crippen molar-refractivity contribution >= 4 is 6.03 Å². The molecule has 0 aliphatic rings. The van der Waals surface area contributed by atoms with Gasteiger partial charge < -0.3 is 15.3 Å². The van der Waals surface area contributed by atoms with Crippen molar-refractivity contribution in [1.82, 2.24) is 25.4 Å². The molecule has 3 N–H and O–H groups in total. The van der Waals surface area contributed by atoms with Crippen LogP contribution in [0, 0.1) is 6.92 Å². The van der Waals surface area contributed by atoms with Gasteiger partial charge in [-0.2, -0.15) is 5.10 Å². The highest BCUT2D eigenvalue weighted by molar-refractivity contribution is 5.74. The van der Waals surface area contributed by atoms with Crippen molar-refractivity contribution in [2.24, 2.45) is 0 Å². The number of aliphatic hydroxyl groups excluding tert-OH is 1. The monoisotopic (exact) mass is 315 g/mol. The third-order valence-corrected chi connectivity index (χ3v) is 3.23. The van der Waals surface area contributed by atoms with Gasteiger partial charge in [0, 0.05) is 25.2 Å². The first-order valence-corrected chi connectivity index (χ1v) is 7.37. The van der Waals surface area contributed by atoms with Crippen molar-refractivity contribution in [1.29, 1.82) is 0 Å². The molecule has 122 valence electrons. The lowest BCUT2D eigenvalue weighted by molar-refractivity contribution is 0.183. The predicted molar refractivity (Wildman–Crippen MR) is 87.6 cm³/mol. The SMILES string of the molecule is C=CCN(CCO)C(=O)NCc1cccc(-c2n[nH]c(C)n2)c1. The van der Waals surface area contributed by atoms with Gasteiger partial charge in [0.25, 0.3) is 0 Å². The Labute approximate surface area is 135 Å². The summed E-state index contributed by atoms with van der Waals surface area (Å²) in [5, 5.41) is 18.8. The van der Waals surface area contributed by atoms with Crippen LogP contribution in [-0.2, 0) is 6.54 Å². The predicted octanol–water partition coefficient (Wildman–Crippen LogP) is 1.47. The molecule has 0 aliphatic carbocycles. The van der Waals surface area contributed by atoms with Crippen LogP contribution in [-0.4, -0.2) is 50.9 Å². The number of aryl methyl sites for hydroxylation is 1. The number of aliphatic hydroxyl groups is 1. The Morgan fingerprint density at radius 2 is 2.35 bits per heavy atom. The lowest BCUT2D eigenvalue weighted by Crippen LogP contribution is -2.41. The van der Waals surface area contributed by atoms with Gasteiger partial charge in [-0.15, -0.1) is 6.58 Å². The Bertz CT molecular complexity index is 668. The van der Waals surface area contributed by atoms with Crippen LogP contribution in [0.5, 0.6) is 0 Å². The van der Waals surface area contributed by atoms with Crippen LogP contribution in [0.3, 0.4) is 0 Å². The van der Waals surface area contributed by atoms with E-state index in [1.165, 1.54) is 4.90 Å². The standard InChI is InChI=1S/C16H21N5O2/c1-3-7-21(8-9-22)16(23)17-11-13-5-4-6-14(10-13)15-18-12(2)19-20-15/h3-6,10,22H,1,7-9,11H2,2H3,(H,17,23)(H,18,19,20). The maximum atomic E-state index is 12.1. The number of aromatic amines is 1. The Hall–Kier alpha value is -2.67. The lowest BCUT2D eigenvalue weighted by Gasteiger charge is -2.20. The number of carbonyl (C=O) groups is 1.